The van der Waals surface area contributed by atoms with Crippen LogP contribution in [0.1, 0.15) is 43.3 Å². The first kappa shape index (κ1) is 13.0. The highest BCUT2D eigenvalue weighted by Crippen LogP contribution is 2.19. The van der Waals surface area contributed by atoms with Gasteiger partial charge in [-0.2, -0.15) is 0 Å². The molecule has 1 amide bonds. The monoisotopic (exact) mass is 241 g/mol. The molecule has 0 radical (unpaired) electrons. The van der Waals surface area contributed by atoms with Crippen LogP contribution in [-0.2, 0) is 0 Å². The van der Waals surface area contributed by atoms with E-state index in [0.29, 0.717) is 10.8 Å². The van der Waals surface area contributed by atoms with Gasteiger partial charge in [-0.25, -0.2) is 0 Å². The fourth-order valence-electron chi connectivity index (χ4n) is 1.40. The molecule has 0 aromatic carbocycles. The summed E-state index contributed by atoms with van der Waals surface area (Å²) in [5.41, 5.74) is 0. The smallest absolute Gasteiger partial charge is 0.261 e. The number of carbonyl (C=O) groups excluding carboxylic acids is 1. The summed E-state index contributed by atoms with van der Waals surface area (Å²) in [6.07, 6.45) is 2.10. The standard InChI is InChI=1S/C12H19NO2S/c1-8(2)4-5-9(3)13-12(15)11-6-10(14)7-16-11/h6-9,14H,4-5H2,1-3H3,(H,13,15)/t9-/m0/s1. The highest BCUT2D eigenvalue weighted by atomic mass is 32.1. The van der Waals surface area contributed by atoms with Crippen molar-refractivity contribution in [3.63, 3.8) is 0 Å². The molecular weight excluding hydrogens is 222 g/mol. The number of hydrogen-bond donors (Lipinski definition) is 2. The third kappa shape index (κ3) is 4.23. The van der Waals surface area contributed by atoms with Crippen molar-refractivity contribution in [3.8, 4) is 5.75 Å². The Kier molecular flexibility index (Phi) is 4.80. The molecule has 2 N–H and O–H groups in total. The molecule has 0 bridgehead atoms. The lowest BCUT2D eigenvalue weighted by Gasteiger charge is -2.14. The molecule has 0 aliphatic carbocycles. The Bertz CT molecular complexity index is 347. The Morgan fingerprint density at radius 3 is 2.62 bits per heavy atom. The molecule has 0 saturated carbocycles. The fourth-order valence-corrected chi connectivity index (χ4v) is 2.07. The van der Waals surface area contributed by atoms with E-state index in [1.807, 2.05) is 6.92 Å². The Hall–Kier alpha value is -1.03. The van der Waals surface area contributed by atoms with E-state index in [-0.39, 0.29) is 17.7 Å². The normalized spacial score (nSPS) is 12.8. The Morgan fingerprint density at radius 2 is 2.12 bits per heavy atom. The lowest BCUT2D eigenvalue weighted by atomic mass is 10.0. The van der Waals surface area contributed by atoms with E-state index >= 15 is 0 Å². The van der Waals surface area contributed by atoms with Crippen molar-refractivity contribution in [3.05, 3.63) is 16.3 Å². The predicted molar refractivity (Wildman–Crippen MR) is 67.0 cm³/mol. The highest BCUT2D eigenvalue weighted by molar-refractivity contribution is 7.12. The van der Waals surface area contributed by atoms with Crippen molar-refractivity contribution < 1.29 is 9.90 Å². The molecule has 0 unspecified atom stereocenters. The molecule has 90 valence electrons. The number of aromatic hydroxyl groups is 1. The van der Waals surface area contributed by atoms with Crippen LogP contribution >= 0.6 is 11.3 Å². The molecule has 4 heteroatoms. The van der Waals surface area contributed by atoms with Crippen molar-refractivity contribution in [1.29, 1.82) is 0 Å². The minimum atomic E-state index is -0.0958. The van der Waals surface area contributed by atoms with Crippen molar-refractivity contribution >= 4 is 17.2 Å². The van der Waals surface area contributed by atoms with Gasteiger partial charge in [0.2, 0.25) is 0 Å². The molecule has 1 rings (SSSR count). The van der Waals surface area contributed by atoms with Crippen LogP contribution in [-0.4, -0.2) is 17.1 Å². The summed E-state index contributed by atoms with van der Waals surface area (Å²) in [7, 11) is 0. The zero-order chi connectivity index (χ0) is 12.1. The van der Waals surface area contributed by atoms with E-state index in [1.165, 1.54) is 17.4 Å². The van der Waals surface area contributed by atoms with E-state index in [1.54, 1.807) is 5.38 Å². The van der Waals surface area contributed by atoms with Gasteiger partial charge in [-0.1, -0.05) is 13.8 Å². The zero-order valence-electron chi connectivity index (χ0n) is 9.99. The van der Waals surface area contributed by atoms with Gasteiger partial charge in [0.25, 0.3) is 5.91 Å². The molecule has 0 aliphatic rings. The van der Waals surface area contributed by atoms with Gasteiger partial charge in [0.05, 0.1) is 4.88 Å². The second-order valence-corrected chi connectivity index (χ2v) is 5.43. The summed E-state index contributed by atoms with van der Waals surface area (Å²) in [4.78, 5) is 12.3. The number of nitrogens with one attached hydrogen (secondary N) is 1. The van der Waals surface area contributed by atoms with Crippen LogP contribution in [0, 0.1) is 5.92 Å². The minimum Gasteiger partial charge on any atom is -0.507 e. The van der Waals surface area contributed by atoms with Gasteiger partial charge < -0.3 is 10.4 Å². The topological polar surface area (TPSA) is 49.3 Å². The molecule has 0 aliphatic heterocycles. The maximum absolute atomic E-state index is 11.7. The van der Waals surface area contributed by atoms with E-state index in [2.05, 4.69) is 19.2 Å². The molecule has 1 atom stereocenters. The summed E-state index contributed by atoms with van der Waals surface area (Å²) in [5, 5.41) is 13.6. The third-order valence-electron chi connectivity index (χ3n) is 2.36. The maximum Gasteiger partial charge on any atom is 0.261 e. The van der Waals surface area contributed by atoms with Crippen LogP contribution in [0.15, 0.2) is 11.4 Å². The fraction of sp³-hybridized carbons (Fsp3) is 0.583. The average Bonchev–Trinajstić information content (AvgIpc) is 2.62. The van der Waals surface area contributed by atoms with Crippen LogP contribution in [0.3, 0.4) is 0 Å². The summed E-state index contributed by atoms with van der Waals surface area (Å²) < 4.78 is 0. The van der Waals surface area contributed by atoms with Crippen molar-refractivity contribution in [1.82, 2.24) is 5.32 Å². The van der Waals surface area contributed by atoms with E-state index in [4.69, 9.17) is 5.11 Å². The van der Waals surface area contributed by atoms with Crippen molar-refractivity contribution in [2.45, 2.75) is 39.7 Å². The van der Waals surface area contributed by atoms with Gasteiger partial charge >= 0.3 is 0 Å². The molecule has 16 heavy (non-hydrogen) atoms. The third-order valence-corrected chi connectivity index (χ3v) is 3.28. The maximum atomic E-state index is 11.7. The molecule has 1 aromatic heterocycles. The molecular formula is C12H19NO2S. The molecule has 0 spiro atoms. The Labute approximate surface area is 100 Å². The number of hydrogen-bond acceptors (Lipinski definition) is 3. The molecule has 1 aromatic rings. The number of thiophene rings is 1. The van der Waals surface area contributed by atoms with Crippen LogP contribution in [0.25, 0.3) is 0 Å². The average molecular weight is 241 g/mol. The van der Waals surface area contributed by atoms with Crippen molar-refractivity contribution in [2.24, 2.45) is 5.92 Å². The van der Waals surface area contributed by atoms with Gasteiger partial charge in [0.15, 0.2) is 0 Å². The molecule has 3 nitrogen and oxygen atoms in total. The largest absolute Gasteiger partial charge is 0.507 e. The van der Waals surface area contributed by atoms with Crippen LogP contribution in [0.4, 0.5) is 0 Å². The lowest BCUT2D eigenvalue weighted by molar-refractivity contribution is 0.0941. The minimum absolute atomic E-state index is 0.0958. The summed E-state index contributed by atoms with van der Waals surface area (Å²) in [6.45, 7) is 6.35. The van der Waals surface area contributed by atoms with Crippen molar-refractivity contribution in [2.75, 3.05) is 0 Å². The number of rotatable bonds is 5. The number of amides is 1. The van der Waals surface area contributed by atoms with Crippen LogP contribution < -0.4 is 5.32 Å². The SMILES string of the molecule is CC(C)CC[C@H](C)NC(=O)c1cc(O)cs1. The molecule has 0 saturated heterocycles. The summed E-state index contributed by atoms with van der Waals surface area (Å²) >= 11 is 1.26. The Morgan fingerprint density at radius 1 is 1.44 bits per heavy atom. The first-order valence-electron chi connectivity index (χ1n) is 5.57. The van der Waals surface area contributed by atoms with Gasteiger partial charge in [0, 0.05) is 17.5 Å². The Balaban J connectivity index is 2.39. The van der Waals surface area contributed by atoms with E-state index < -0.39 is 0 Å². The van der Waals surface area contributed by atoms with E-state index in [9.17, 15) is 4.79 Å². The summed E-state index contributed by atoms with van der Waals surface area (Å²) in [5.74, 6) is 0.719. The summed E-state index contributed by atoms with van der Waals surface area (Å²) in [6, 6.07) is 1.67. The van der Waals surface area contributed by atoms with Gasteiger partial charge in [-0.15, -0.1) is 11.3 Å². The van der Waals surface area contributed by atoms with E-state index in [0.717, 1.165) is 12.8 Å². The molecule has 0 fully saturated rings. The first-order chi connectivity index (χ1) is 7.49. The second-order valence-electron chi connectivity index (χ2n) is 4.51. The molecule has 1 heterocycles. The quantitative estimate of drug-likeness (QED) is 0.832. The van der Waals surface area contributed by atoms with Gasteiger partial charge in [0.1, 0.15) is 5.75 Å². The predicted octanol–water partition coefficient (Wildman–Crippen LogP) is 3.01. The second kappa shape index (κ2) is 5.89. The number of carbonyl (C=O) groups is 1. The van der Waals surface area contributed by atoms with Gasteiger partial charge in [-0.05, 0) is 25.7 Å². The van der Waals surface area contributed by atoms with Crippen LogP contribution in [0.2, 0.25) is 0 Å². The lowest BCUT2D eigenvalue weighted by Crippen LogP contribution is -2.32. The first-order valence-corrected chi connectivity index (χ1v) is 6.45. The zero-order valence-corrected chi connectivity index (χ0v) is 10.8. The highest BCUT2D eigenvalue weighted by Gasteiger charge is 2.12. The van der Waals surface area contributed by atoms with Crippen LogP contribution in [0.5, 0.6) is 5.75 Å². The van der Waals surface area contributed by atoms with Gasteiger partial charge in [-0.3, -0.25) is 4.79 Å².